The number of nitrogens with two attached hydrogens (primary N) is 1. The van der Waals surface area contributed by atoms with E-state index in [1.54, 1.807) is 0 Å². The summed E-state index contributed by atoms with van der Waals surface area (Å²) >= 11 is 0. The summed E-state index contributed by atoms with van der Waals surface area (Å²) < 4.78 is 0. The average Bonchev–Trinajstić information content (AvgIpc) is 2.25. The number of halogens is 1. The molecule has 1 aliphatic rings. The van der Waals surface area contributed by atoms with Crippen molar-refractivity contribution >= 4 is 12.4 Å². The van der Waals surface area contributed by atoms with E-state index in [4.69, 9.17) is 5.73 Å². The topological polar surface area (TPSA) is 26.0 Å². The maximum atomic E-state index is 6.06. The first-order chi connectivity index (χ1) is 5.62. The lowest BCUT2D eigenvalue weighted by Gasteiger charge is -2.24. The predicted molar refractivity (Wildman–Crippen MR) is 58.4 cm³/mol. The molecule has 0 radical (unpaired) electrons. The van der Waals surface area contributed by atoms with Gasteiger partial charge < -0.3 is 5.73 Å². The van der Waals surface area contributed by atoms with Crippen LogP contribution >= 0.6 is 12.4 Å². The molecular weight excluding hydrogens is 182 g/mol. The minimum atomic E-state index is 0. The third kappa shape index (κ3) is 1.47. The second kappa shape index (κ2) is 3.32. The Morgan fingerprint density at radius 2 is 1.92 bits per heavy atom. The third-order valence-electron chi connectivity index (χ3n) is 3.08. The van der Waals surface area contributed by atoms with Crippen molar-refractivity contribution in [1.29, 1.82) is 0 Å². The van der Waals surface area contributed by atoms with E-state index in [1.165, 1.54) is 11.1 Å². The molecule has 0 aromatic heterocycles. The average molecular weight is 198 g/mol. The molecule has 0 saturated heterocycles. The first kappa shape index (κ1) is 10.6. The van der Waals surface area contributed by atoms with Gasteiger partial charge in [-0.3, -0.25) is 0 Å². The van der Waals surface area contributed by atoms with Crippen LogP contribution in [-0.4, -0.2) is 6.04 Å². The van der Waals surface area contributed by atoms with Crippen molar-refractivity contribution < 1.29 is 0 Å². The van der Waals surface area contributed by atoms with Gasteiger partial charge in [0.15, 0.2) is 0 Å². The Morgan fingerprint density at radius 3 is 2.54 bits per heavy atom. The van der Waals surface area contributed by atoms with Crippen LogP contribution in [0.25, 0.3) is 0 Å². The molecule has 0 fully saturated rings. The van der Waals surface area contributed by atoms with Crippen LogP contribution in [0.2, 0.25) is 0 Å². The van der Waals surface area contributed by atoms with E-state index >= 15 is 0 Å². The van der Waals surface area contributed by atoms with Crippen molar-refractivity contribution in [3.8, 4) is 0 Å². The number of hydrogen-bond donors (Lipinski definition) is 1. The Balaban J connectivity index is 0.000000845. The van der Waals surface area contributed by atoms with Crippen molar-refractivity contribution in [2.45, 2.75) is 31.7 Å². The molecular formula is C11H16ClN. The SMILES string of the molecule is CC1(C)c2ccccc2CC1N.Cl. The van der Waals surface area contributed by atoms with Crippen LogP contribution in [0.3, 0.4) is 0 Å². The maximum absolute atomic E-state index is 6.06. The summed E-state index contributed by atoms with van der Waals surface area (Å²) in [5.41, 5.74) is 9.08. The molecule has 2 rings (SSSR count). The number of fused-ring (bicyclic) bond motifs is 1. The molecule has 0 spiro atoms. The fourth-order valence-corrected chi connectivity index (χ4v) is 2.02. The molecule has 0 amide bonds. The molecule has 13 heavy (non-hydrogen) atoms. The Morgan fingerprint density at radius 1 is 1.31 bits per heavy atom. The lowest BCUT2D eigenvalue weighted by atomic mass is 9.84. The fraction of sp³-hybridized carbons (Fsp3) is 0.455. The number of hydrogen-bond acceptors (Lipinski definition) is 1. The van der Waals surface area contributed by atoms with Crippen LogP contribution in [0.4, 0.5) is 0 Å². The van der Waals surface area contributed by atoms with Crippen molar-refractivity contribution in [2.24, 2.45) is 5.73 Å². The predicted octanol–water partition coefficient (Wildman–Crippen LogP) is 2.27. The van der Waals surface area contributed by atoms with Crippen LogP contribution in [0.5, 0.6) is 0 Å². The van der Waals surface area contributed by atoms with E-state index in [0.717, 1.165) is 6.42 Å². The van der Waals surface area contributed by atoms with Gasteiger partial charge in [0.1, 0.15) is 0 Å². The quantitative estimate of drug-likeness (QED) is 0.679. The van der Waals surface area contributed by atoms with Crippen LogP contribution in [0, 0.1) is 0 Å². The molecule has 1 unspecified atom stereocenters. The molecule has 1 aliphatic carbocycles. The fourth-order valence-electron chi connectivity index (χ4n) is 2.02. The van der Waals surface area contributed by atoms with Crippen molar-refractivity contribution in [1.82, 2.24) is 0 Å². The van der Waals surface area contributed by atoms with Gasteiger partial charge >= 0.3 is 0 Å². The summed E-state index contributed by atoms with van der Waals surface area (Å²) in [5.74, 6) is 0. The third-order valence-corrected chi connectivity index (χ3v) is 3.08. The first-order valence-corrected chi connectivity index (χ1v) is 4.46. The number of benzene rings is 1. The van der Waals surface area contributed by atoms with E-state index in [1.807, 2.05) is 0 Å². The molecule has 1 aromatic rings. The van der Waals surface area contributed by atoms with E-state index < -0.39 is 0 Å². The highest BCUT2D eigenvalue weighted by molar-refractivity contribution is 5.85. The van der Waals surface area contributed by atoms with Crippen molar-refractivity contribution in [2.75, 3.05) is 0 Å². The highest BCUT2D eigenvalue weighted by atomic mass is 35.5. The van der Waals surface area contributed by atoms with Gasteiger partial charge in [-0.25, -0.2) is 0 Å². The minimum absolute atomic E-state index is 0. The van der Waals surface area contributed by atoms with Gasteiger partial charge in [-0.2, -0.15) is 0 Å². The summed E-state index contributed by atoms with van der Waals surface area (Å²) in [6.07, 6.45) is 1.03. The Kier molecular flexibility index (Phi) is 2.69. The van der Waals surface area contributed by atoms with Crippen molar-refractivity contribution in [3.63, 3.8) is 0 Å². The molecule has 0 saturated carbocycles. The molecule has 1 atom stereocenters. The summed E-state index contributed by atoms with van der Waals surface area (Å²) in [5, 5.41) is 0. The van der Waals surface area contributed by atoms with Crippen LogP contribution < -0.4 is 5.73 Å². The van der Waals surface area contributed by atoms with Crippen LogP contribution in [0.15, 0.2) is 24.3 Å². The standard InChI is InChI=1S/C11H15N.ClH/c1-11(2)9-6-4-3-5-8(9)7-10(11)12;/h3-6,10H,7,12H2,1-2H3;1H. The lowest BCUT2D eigenvalue weighted by Crippen LogP contribution is -2.36. The molecule has 0 aliphatic heterocycles. The van der Waals surface area contributed by atoms with Gasteiger partial charge in [0.25, 0.3) is 0 Å². The summed E-state index contributed by atoms with van der Waals surface area (Å²) in [7, 11) is 0. The molecule has 2 heteroatoms. The smallest absolute Gasteiger partial charge is 0.0172 e. The molecule has 0 heterocycles. The van der Waals surface area contributed by atoms with Gasteiger partial charge in [-0.05, 0) is 17.5 Å². The highest BCUT2D eigenvalue weighted by Gasteiger charge is 2.36. The molecule has 1 nitrogen and oxygen atoms in total. The number of rotatable bonds is 0. The second-order valence-corrected chi connectivity index (χ2v) is 4.19. The van der Waals surface area contributed by atoms with Gasteiger partial charge in [0.05, 0.1) is 0 Å². The normalized spacial score (nSPS) is 23.5. The van der Waals surface area contributed by atoms with E-state index in [2.05, 4.69) is 38.1 Å². The monoisotopic (exact) mass is 197 g/mol. The van der Waals surface area contributed by atoms with Crippen LogP contribution in [0.1, 0.15) is 25.0 Å². The van der Waals surface area contributed by atoms with Gasteiger partial charge in [-0.15, -0.1) is 12.4 Å². The highest BCUT2D eigenvalue weighted by Crippen LogP contribution is 2.36. The summed E-state index contributed by atoms with van der Waals surface area (Å²) in [6.45, 7) is 4.45. The summed E-state index contributed by atoms with van der Waals surface area (Å²) in [6, 6.07) is 8.85. The molecule has 0 bridgehead atoms. The summed E-state index contributed by atoms with van der Waals surface area (Å²) in [4.78, 5) is 0. The van der Waals surface area contributed by atoms with E-state index in [0.29, 0.717) is 0 Å². The second-order valence-electron chi connectivity index (χ2n) is 4.19. The largest absolute Gasteiger partial charge is 0.327 e. The zero-order valence-corrected chi connectivity index (χ0v) is 8.90. The van der Waals surface area contributed by atoms with Gasteiger partial charge in [0.2, 0.25) is 0 Å². The van der Waals surface area contributed by atoms with E-state index in [-0.39, 0.29) is 23.9 Å². The van der Waals surface area contributed by atoms with Gasteiger partial charge in [-0.1, -0.05) is 38.1 Å². The minimum Gasteiger partial charge on any atom is -0.327 e. The molecule has 1 aromatic carbocycles. The molecule has 72 valence electrons. The first-order valence-electron chi connectivity index (χ1n) is 4.46. The molecule has 2 N–H and O–H groups in total. The Bertz CT molecular complexity index is 307. The zero-order chi connectivity index (χ0) is 8.77. The van der Waals surface area contributed by atoms with Crippen molar-refractivity contribution in [3.05, 3.63) is 35.4 Å². The Hall–Kier alpha value is -0.530. The maximum Gasteiger partial charge on any atom is 0.0172 e. The van der Waals surface area contributed by atoms with E-state index in [9.17, 15) is 0 Å². The lowest BCUT2D eigenvalue weighted by molar-refractivity contribution is 0.445. The van der Waals surface area contributed by atoms with Gasteiger partial charge in [0, 0.05) is 11.5 Å². The van der Waals surface area contributed by atoms with Crippen LogP contribution in [-0.2, 0) is 11.8 Å². The zero-order valence-electron chi connectivity index (χ0n) is 8.08. The Labute approximate surface area is 85.7 Å².